The fourth-order valence-corrected chi connectivity index (χ4v) is 3.19. The molecule has 30 heavy (non-hydrogen) atoms. The van der Waals surface area contributed by atoms with Gasteiger partial charge in [-0.15, -0.1) is 0 Å². The molecule has 0 unspecified atom stereocenters. The number of aliphatic imine (C=N–C) groups is 1. The van der Waals surface area contributed by atoms with E-state index in [0.717, 1.165) is 16.8 Å². The van der Waals surface area contributed by atoms with Crippen LogP contribution < -0.4 is 14.2 Å². The predicted molar refractivity (Wildman–Crippen MR) is 116 cm³/mol. The Labute approximate surface area is 173 Å². The van der Waals surface area contributed by atoms with Crippen LogP contribution in [0.15, 0.2) is 65.8 Å². The van der Waals surface area contributed by atoms with Crippen molar-refractivity contribution in [2.45, 2.75) is 0 Å². The molecule has 2 aromatic heterocycles. The Balaban J connectivity index is 1.82. The molecule has 0 bridgehead atoms. The first kappa shape index (κ1) is 19.3. The molecule has 4 aromatic rings. The zero-order chi connectivity index (χ0) is 21.1. The van der Waals surface area contributed by atoms with Gasteiger partial charge in [0.15, 0.2) is 28.8 Å². The van der Waals surface area contributed by atoms with Gasteiger partial charge >= 0.3 is 0 Å². The van der Waals surface area contributed by atoms with E-state index in [1.54, 1.807) is 38.6 Å². The normalized spacial score (nSPS) is 11.2. The number of methoxy groups -OCH3 is 3. The SMILES string of the molecule is COc1cc(-c2nc3ccccn3c2N=Cc2ccc(OC)c(OC)c2)ccc1O. The van der Waals surface area contributed by atoms with Crippen LogP contribution in [0.3, 0.4) is 0 Å². The van der Waals surface area contributed by atoms with Gasteiger partial charge < -0.3 is 19.3 Å². The number of ether oxygens (including phenoxy) is 3. The smallest absolute Gasteiger partial charge is 0.165 e. The quantitative estimate of drug-likeness (QED) is 0.480. The van der Waals surface area contributed by atoms with Crippen LogP contribution in [-0.4, -0.2) is 42.0 Å². The van der Waals surface area contributed by atoms with Gasteiger partial charge in [-0.3, -0.25) is 4.40 Å². The number of hydrogen-bond donors (Lipinski definition) is 1. The number of aromatic nitrogens is 2. The van der Waals surface area contributed by atoms with Gasteiger partial charge in [0, 0.05) is 18.0 Å². The van der Waals surface area contributed by atoms with Crippen LogP contribution in [0.5, 0.6) is 23.0 Å². The van der Waals surface area contributed by atoms with Crippen molar-refractivity contribution < 1.29 is 19.3 Å². The Bertz CT molecular complexity index is 1230. The minimum atomic E-state index is 0.0698. The van der Waals surface area contributed by atoms with Crippen LogP contribution >= 0.6 is 0 Å². The summed E-state index contributed by atoms with van der Waals surface area (Å²) in [5, 5.41) is 9.93. The summed E-state index contributed by atoms with van der Waals surface area (Å²) >= 11 is 0. The van der Waals surface area contributed by atoms with Gasteiger partial charge in [-0.1, -0.05) is 6.07 Å². The summed E-state index contributed by atoms with van der Waals surface area (Å²) in [5.74, 6) is 2.39. The second-order valence-corrected chi connectivity index (χ2v) is 6.47. The number of fused-ring (bicyclic) bond motifs is 1. The molecule has 7 heteroatoms. The average molecular weight is 403 g/mol. The molecule has 0 spiro atoms. The first-order valence-corrected chi connectivity index (χ1v) is 9.25. The Morgan fingerprint density at radius 1 is 0.900 bits per heavy atom. The summed E-state index contributed by atoms with van der Waals surface area (Å²) < 4.78 is 17.8. The topological polar surface area (TPSA) is 77.6 Å². The fourth-order valence-electron chi connectivity index (χ4n) is 3.19. The Hall–Kier alpha value is -4.00. The molecule has 4 rings (SSSR count). The van der Waals surface area contributed by atoms with Crippen LogP contribution in [0.25, 0.3) is 16.9 Å². The molecule has 2 aromatic carbocycles. The summed E-state index contributed by atoms with van der Waals surface area (Å²) in [6.45, 7) is 0. The summed E-state index contributed by atoms with van der Waals surface area (Å²) in [6, 6.07) is 16.5. The van der Waals surface area contributed by atoms with Crippen molar-refractivity contribution in [2.24, 2.45) is 4.99 Å². The summed E-state index contributed by atoms with van der Waals surface area (Å²) in [5.41, 5.74) is 3.08. The van der Waals surface area contributed by atoms with Gasteiger partial charge in [0.2, 0.25) is 0 Å². The molecule has 0 atom stereocenters. The molecule has 0 radical (unpaired) electrons. The van der Waals surface area contributed by atoms with Gasteiger partial charge in [-0.05, 0) is 54.1 Å². The van der Waals surface area contributed by atoms with Crippen molar-refractivity contribution in [3.05, 3.63) is 66.4 Å². The molecule has 7 nitrogen and oxygen atoms in total. The number of phenolic OH excluding ortho intramolecular Hbond substituents is 1. The predicted octanol–water partition coefficient (Wildman–Crippen LogP) is 4.48. The average Bonchev–Trinajstić information content (AvgIpc) is 3.16. The Morgan fingerprint density at radius 2 is 1.70 bits per heavy atom. The van der Waals surface area contributed by atoms with Crippen LogP contribution in [0.2, 0.25) is 0 Å². The van der Waals surface area contributed by atoms with E-state index in [-0.39, 0.29) is 5.75 Å². The molecule has 0 aliphatic carbocycles. The maximum atomic E-state index is 9.93. The third kappa shape index (κ3) is 3.53. The molecule has 0 saturated carbocycles. The third-order valence-electron chi connectivity index (χ3n) is 4.70. The van der Waals surface area contributed by atoms with E-state index in [1.165, 1.54) is 7.11 Å². The first-order chi connectivity index (χ1) is 14.6. The van der Waals surface area contributed by atoms with E-state index in [1.807, 2.05) is 47.0 Å². The molecule has 0 aliphatic rings. The van der Waals surface area contributed by atoms with Crippen LogP contribution in [0.1, 0.15) is 5.56 Å². The molecular weight excluding hydrogens is 382 g/mol. The van der Waals surface area contributed by atoms with Crippen molar-refractivity contribution in [1.82, 2.24) is 9.38 Å². The lowest BCUT2D eigenvalue weighted by molar-refractivity contribution is 0.355. The van der Waals surface area contributed by atoms with Crippen LogP contribution in [0, 0.1) is 0 Å². The highest BCUT2D eigenvalue weighted by Crippen LogP contribution is 2.36. The maximum Gasteiger partial charge on any atom is 0.165 e. The third-order valence-corrected chi connectivity index (χ3v) is 4.70. The maximum absolute atomic E-state index is 9.93. The lowest BCUT2D eigenvalue weighted by atomic mass is 10.1. The number of hydrogen-bond acceptors (Lipinski definition) is 6. The monoisotopic (exact) mass is 403 g/mol. The highest BCUT2D eigenvalue weighted by Gasteiger charge is 2.15. The Morgan fingerprint density at radius 3 is 2.47 bits per heavy atom. The molecule has 0 aliphatic heterocycles. The van der Waals surface area contributed by atoms with E-state index in [0.29, 0.717) is 28.8 Å². The number of benzene rings is 2. The van der Waals surface area contributed by atoms with Crippen molar-refractivity contribution in [3.63, 3.8) is 0 Å². The molecular formula is C23H21N3O4. The molecule has 2 heterocycles. The largest absolute Gasteiger partial charge is 0.504 e. The number of aromatic hydroxyl groups is 1. The van der Waals surface area contributed by atoms with E-state index in [4.69, 9.17) is 24.2 Å². The zero-order valence-electron chi connectivity index (χ0n) is 16.9. The summed E-state index contributed by atoms with van der Waals surface area (Å²) in [6.07, 6.45) is 3.66. The van der Waals surface area contributed by atoms with Gasteiger partial charge in [-0.25, -0.2) is 9.98 Å². The lowest BCUT2D eigenvalue weighted by Crippen LogP contribution is -1.92. The van der Waals surface area contributed by atoms with Crippen molar-refractivity contribution in [1.29, 1.82) is 0 Å². The van der Waals surface area contributed by atoms with E-state index < -0.39 is 0 Å². The highest BCUT2D eigenvalue weighted by atomic mass is 16.5. The van der Waals surface area contributed by atoms with Gasteiger partial charge in [0.05, 0.1) is 21.3 Å². The highest BCUT2D eigenvalue weighted by molar-refractivity contribution is 5.86. The second-order valence-electron chi connectivity index (χ2n) is 6.47. The van der Waals surface area contributed by atoms with E-state index in [9.17, 15) is 5.11 Å². The van der Waals surface area contributed by atoms with Gasteiger partial charge in [-0.2, -0.15) is 0 Å². The Kier molecular flexibility index (Phi) is 5.26. The second kappa shape index (κ2) is 8.16. The minimum Gasteiger partial charge on any atom is -0.504 e. The first-order valence-electron chi connectivity index (χ1n) is 9.25. The van der Waals surface area contributed by atoms with Crippen molar-refractivity contribution in [3.8, 4) is 34.3 Å². The molecule has 0 saturated heterocycles. The number of pyridine rings is 1. The van der Waals surface area contributed by atoms with E-state index in [2.05, 4.69) is 0 Å². The number of imidazole rings is 1. The minimum absolute atomic E-state index is 0.0698. The fraction of sp³-hybridized carbons (Fsp3) is 0.130. The van der Waals surface area contributed by atoms with Gasteiger partial charge in [0.25, 0.3) is 0 Å². The number of rotatable bonds is 6. The zero-order valence-corrected chi connectivity index (χ0v) is 16.9. The lowest BCUT2D eigenvalue weighted by Gasteiger charge is -2.07. The number of nitrogens with zero attached hydrogens (tertiary/aromatic N) is 3. The van der Waals surface area contributed by atoms with Crippen LogP contribution in [-0.2, 0) is 0 Å². The van der Waals surface area contributed by atoms with Crippen molar-refractivity contribution >= 4 is 17.7 Å². The van der Waals surface area contributed by atoms with Gasteiger partial charge in [0.1, 0.15) is 11.3 Å². The summed E-state index contributed by atoms with van der Waals surface area (Å²) in [4.78, 5) is 9.45. The molecule has 152 valence electrons. The molecule has 0 fully saturated rings. The summed E-state index contributed by atoms with van der Waals surface area (Å²) in [7, 11) is 4.71. The molecule has 1 N–H and O–H groups in total. The number of phenols is 1. The van der Waals surface area contributed by atoms with Crippen LogP contribution in [0.4, 0.5) is 5.82 Å². The molecule has 0 amide bonds. The van der Waals surface area contributed by atoms with E-state index >= 15 is 0 Å². The van der Waals surface area contributed by atoms with Crippen molar-refractivity contribution in [2.75, 3.05) is 21.3 Å². The standard InChI is InChI=1S/C23H21N3O4/c1-28-18-10-7-15(12-20(18)30-3)14-24-23-22(25-21-6-4-5-11-26(21)23)16-8-9-17(27)19(13-16)29-2/h4-14,27H,1-3H3.